The molecule has 0 aliphatic rings. The van der Waals surface area contributed by atoms with E-state index in [2.05, 4.69) is 0 Å². The van der Waals surface area contributed by atoms with E-state index in [9.17, 15) is 9.90 Å². The van der Waals surface area contributed by atoms with Gasteiger partial charge in [-0.2, -0.15) is 0 Å². The van der Waals surface area contributed by atoms with Crippen LogP contribution in [-0.4, -0.2) is 16.7 Å². The summed E-state index contributed by atoms with van der Waals surface area (Å²) in [7, 11) is 0. The molecule has 0 fully saturated rings. The third kappa shape index (κ3) is 1.92. The number of carbonyl (C=O) groups is 1. The van der Waals surface area contributed by atoms with Crippen LogP contribution in [0.4, 0.5) is 0 Å². The Hall–Kier alpha value is -1.39. The van der Waals surface area contributed by atoms with Gasteiger partial charge in [0.05, 0.1) is 0 Å². The van der Waals surface area contributed by atoms with Gasteiger partial charge in [0.1, 0.15) is 0 Å². The zero-order chi connectivity index (χ0) is 10.8. The molecule has 0 aromatic heterocycles. The van der Waals surface area contributed by atoms with Crippen molar-refractivity contribution in [2.45, 2.75) is 18.6 Å². The van der Waals surface area contributed by atoms with E-state index in [1.807, 2.05) is 18.2 Å². The molecule has 1 rings (SSSR count). The summed E-state index contributed by atoms with van der Waals surface area (Å²) in [6.07, 6.45) is 0. The van der Waals surface area contributed by atoms with Crippen LogP contribution in [0.1, 0.15) is 18.4 Å². The molecule has 0 heterocycles. The second-order valence-electron chi connectivity index (χ2n) is 3.32. The molecule has 0 bridgehead atoms. The highest BCUT2D eigenvalue weighted by Crippen LogP contribution is 2.23. The van der Waals surface area contributed by atoms with Crippen LogP contribution in [0.3, 0.4) is 0 Å². The molecule has 5 N–H and O–H groups in total. The molecule has 14 heavy (non-hydrogen) atoms. The molecule has 1 amide bonds. The highest BCUT2D eigenvalue weighted by atomic mass is 16.3. The molecule has 76 valence electrons. The van der Waals surface area contributed by atoms with E-state index in [1.165, 1.54) is 0 Å². The molecule has 2 unspecified atom stereocenters. The molecule has 0 aliphatic carbocycles. The molecule has 4 heteroatoms. The lowest BCUT2D eigenvalue weighted by molar-refractivity contribution is -0.137. The predicted molar refractivity (Wildman–Crippen MR) is 53.2 cm³/mol. The van der Waals surface area contributed by atoms with Crippen molar-refractivity contribution >= 4 is 5.91 Å². The minimum Gasteiger partial charge on any atom is -0.367 e. The number of rotatable bonds is 3. The van der Waals surface area contributed by atoms with Crippen LogP contribution in [0.2, 0.25) is 0 Å². The van der Waals surface area contributed by atoms with Crippen molar-refractivity contribution in [3.63, 3.8) is 0 Å². The van der Waals surface area contributed by atoms with E-state index in [1.54, 1.807) is 19.1 Å². The van der Waals surface area contributed by atoms with Crippen molar-refractivity contribution < 1.29 is 9.90 Å². The van der Waals surface area contributed by atoms with Gasteiger partial charge < -0.3 is 10.8 Å². The fraction of sp³-hybridized carbons (Fsp3) is 0.300. The summed E-state index contributed by atoms with van der Waals surface area (Å²) in [6, 6.07) is 9.03. The average molecular weight is 194 g/mol. The summed E-state index contributed by atoms with van der Waals surface area (Å²) >= 11 is 0. The lowest BCUT2D eigenvalue weighted by atomic mass is 9.90. The lowest BCUT2D eigenvalue weighted by Crippen LogP contribution is -2.55. The van der Waals surface area contributed by atoms with Crippen LogP contribution in [-0.2, 0) is 4.79 Å². The summed E-state index contributed by atoms with van der Waals surface area (Å²) in [4.78, 5) is 10.9. The van der Waals surface area contributed by atoms with Crippen LogP contribution >= 0.6 is 0 Å². The largest absolute Gasteiger partial charge is 0.367 e. The number of amides is 1. The number of aliphatic hydroxyl groups is 1. The zero-order valence-electron chi connectivity index (χ0n) is 7.97. The van der Waals surface area contributed by atoms with Crippen molar-refractivity contribution in [2.24, 2.45) is 11.5 Å². The highest BCUT2D eigenvalue weighted by molar-refractivity contribution is 5.83. The fourth-order valence-corrected chi connectivity index (χ4v) is 1.21. The van der Waals surface area contributed by atoms with Crippen LogP contribution in [0, 0.1) is 0 Å². The minimum absolute atomic E-state index is 0.527. The van der Waals surface area contributed by atoms with E-state index < -0.39 is 17.6 Å². The number of primary amides is 1. The van der Waals surface area contributed by atoms with Crippen molar-refractivity contribution in [2.75, 3.05) is 0 Å². The molecular formula is C10H14N2O2. The van der Waals surface area contributed by atoms with Crippen LogP contribution in [0.15, 0.2) is 30.3 Å². The number of benzene rings is 1. The summed E-state index contributed by atoms with van der Waals surface area (Å²) in [5.41, 5.74) is 9.19. The Morgan fingerprint density at radius 1 is 1.43 bits per heavy atom. The van der Waals surface area contributed by atoms with Gasteiger partial charge in [0.25, 0.3) is 5.91 Å². The summed E-state index contributed by atoms with van der Waals surface area (Å²) in [5.74, 6) is -1.45. The third-order valence-corrected chi connectivity index (χ3v) is 2.35. The van der Waals surface area contributed by atoms with Crippen molar-refractivity contribution in [1.29, 1.82) is 0 Å². The lowest BCUT2D eigenvalue weighted by Gasteiger charge is -2.26. The number of hydrogen-bond acceptors (Lipinski definition) is 3. The quantitative estimate of drug-likeness (QED) is 0.588. The Morgan fingerprint density at radius 2 is 1.93 bits per heavy atom. The van der Waals surface area contributed by atoms with Gasteiger partial charge in [0.15, 0.2) is 5.72 Å². The van der Waals surface area contributed by atoms with E-state index in [0.717, 1.165) is 5.56 Å². The summed E-state index contributed by atoms with van der Waals surface area (Å²) in [6.45, 7) is 1.65. The van der Waals surface area contributed by atoms with Gasteiger partial charge in [-0.05, 0) is 5.56 Å². The Bertz CT molecular complexity index is 322. The highest BCUT2D eigenvalue weighted by Gasteiger charge is 2.36. The zero-order valence-corrected chi connectivity index (χ0v) is 7.97. The number of carbonyl (C=O) groups excluding carboxylic acids is 1. The van der Waals surface area contributed by atoms with Gasteiger partial charge >= 0.3 is 0 Å². The fourth-order valence-electron chi connectivity index (χ4n) is 1.21. The maximum Gasteiger partial charge on any atom is 0.265 e. The Balaban J connectivity index is 2.96. The first kappa shape index (κ1) is 10.7. The Labute approximate surface area is 82.5 Å². The molecule has 1 aromatic carbocycles. The Morgan fingerprint density at radius 3 is 2.36 bits per heavy atom. The summed E-state index contributed by atoms with van der Waals surface area (Å²) < 4.78 is 0. The molecule has 0 radical (unpaired) electrons. The smallest absolute Gasteiger partial charge is 0.265 e. The molecule has 0 saturated carbocycles. The molecule has 2 atom stereocenters. The second-order valence-corrected chi connectivity index (χ2v) is 3.32. The van der Waals surface area contributed by atoms with Gasteiger partial charge in [-0.15, -0.1) is 0 Å². The molecule has 4 nitrogen and oxygen atoms in total. The topological polar surface area (TPSA) is 89.3 Å². The minimum atomic E-state index is -2.00. The van der Waals surface area contributed by atoms with Crippen LogP contribution in [0.5, 0.6) is 0 Å². The van der Waals surface area contributed by atoms with Crippen molar-refractivity contribution in [1.82, 2.24) is 0 Å². The van der Waals surface area contributed by atoms with Gasteiger partial charge in [-0.25, -0.2) is 0 Å². The average Bonchev–Trinajstić information content (AvgIpc) is 2.17. The van der Waals surface area contributed by atoms with Gasteiger partial charge in [-0.1, -0.05) is 37.3 Å². The number of hydrogen-bond donors (Lipinski definition) is 3. The standard InChI is InChI=1S/C10H14N2O2/c1-7(10(12,14)9(11)13)8-5-3-2-4-6-8/h2-7,14H,12H2,1H3,(H2,11,13). The normalized spacial score (nSPS) is 17.1. The molecule has 0 aliphatic heterocycles. The molecule has 0 spiro atoms. The van der Waals surface area contributed by atoms with Gasteiger partial charge in [0, 0.05) is 5.92 Å². The van der Waals surface area contributed by atoms with Gasteiger partial charge in [0.2, 0.25) is 0 Å². The van der Waals surface area contributed by atoms with E-state index in [0.29, 0.717) is 0 Å². The first-order valence-electron chi connectivity index (χ1n) is 4.32. The molecule has 0 saturated heterocycles. The monoisotopic (exact) mass is 194 g/mol. The van der Waals surface area contributed by atoms with Gasteiger partial charge in [-0.3, -0.25) is 10.5 Å². The third-order valence-electron chi connectivity index (χ3n) is 2.35. The summed E-state index contributed by atoms with van der Waals surface area (Å²) in [5, 5.41) is 9.62. The maximum absolute atomic E-state index is 10.9. The van der Waals surface area contributed by atoms with Crippen molar-refractivity contribution in [3.8, 4) is 0 Å². The predicted octanol–water partition coefficient (Wildman–Crippen LogP) is -0.0773. The SMILES string of the molecule is CC(c1ccccc1)C(N)(O)C(N)=O. The van der Waals surface area contributed by atoms with E-state index in [-0.39, 0.29) is 0 Å². The van der Waals surface area contributed by atoms with E-state index >= 15 is 0 Å². The van der Waals surface area contributed by atoms with Crippen molar-refractivity contribution in [3.05, 3.63) is 35.9 Å². The van der Waals surface area contributed by atoms with E-state index in [4.69, 9.17) is 11.5 Å². The second kappa shape index (κ2) is 3.77. The van der Waals surface area contributed by atoms with Crippen LogP contribution < -0.4 is 11.5 Å². The molecular weight excluding hydrogens is 180 g/mol. The Kier molecular flexibility index (Phi) is 2.88. The van der Waals surface area contributed by atoms with Crippen LogP contribution in [0.25, 0.3) is 0 Å². The molecule has 1 aromatic rings. The maximum atomic E-state index is 10.9. The first-order valence-corrected chi connectivity index (χ1v) is 4.32. The number of nitrogens with two attached hydrogens (primary N) is 2. The first-order chi connectivity index (χ1) is 6.46.